The quantitative estimate of drug-likeness (QED) is 0.779. The zero-order valence-electron chi connectivity index (χ0n) is 11.3. The Morgan fingerprint density at radius 2 is 1.00 bits per heavy atom. The Bertz CT molecular complexity index is 657. The summed E-state index contributed by atoms with van der Waals surface area (Å²) in [6.45, 7) is 0. The highest BCUT2D eigenvalue weighted by Gasteiger charge is 2.32. The molecule has 0 aromatic heterocycles. The van der Waals surface area contributed by atoms with E-state index in [1.165, 1.54) is 0 Å². The normalized spacial score (nSPS) is 12.4. The van der Waals surface area contributed by atoms with Crippen LogP contribution in [-0.2, 0) is 18.8 Å². The third-order valence-corrected chi connectivity index (χ3v) is 3.21. The molecule has 0 atom stereocenters. The van der Waals surface area contributed by atoms with Crippen LogP contribution in [0.3, 0.4) is 0 Å². The standard InChI is InChI=1S/C15H10F6O2/c16-14(17,18)10-3-1-8(12(22)6-10)5-9-2-4-11(7-13(9)23)15(19,20)21/h1-4,6-7,22-23H,5H2. The Hall–Kier alpha value is -2.38. The van der Waals surface area contributed by atoms with Crippen LogP contribution < -0.4 is 0 Å². The maximum atomic E-state index is 12.5. The maximum absolute atomic E-state index is 12.5. The first-order valence-corrected chi connectivity index (χ1v) is 6.26. The van der Waals surface area contributed by atoms with Gasteiger partial charge in [-0.25, -0.2) is 0 Å². The van der Waals surface area contributed by atoms with Crippen molar-refractivity contribution in [3.05, 3.63) is 58.7 Å². The maximum Gasteiger partial charge on any atom is 0.416 e. The Balaban J connectivity index is 2.30. The molecule has 2 aromatic rings. The van der Waals surface area contributed by atoms with Crippen molar-refractivity contribution in [3.8, 4) is 11.5 Å². The van der Waals surface area contributed by atoms with Gasteiger partial charge < -0.3 is 10.2 Å². The van der Waals surface area contributed by atoms with Crippen LogP contribution in [0.25, 0.3) is 0 Å². The van der Waals surface area contributed by atoms with E-state index in [9.17, 15) is 36.6 Å². The third-order valence-electron chi connectivity index (χ3n) is 3.21. The monoisotopic (exact) mass is 336 g/mol. The molecule has 0 amide bonds. The summed E-state index contributed by atoms with van der Waals surface area (Å²) in [6, 6.07) is 4.56. The molecule has 8 heteroatoms. The molecule has 2 N–H and O–H groups in total. The first kappa shape index (κ1) is 17.0. The van der Waals surface area contributed by atoms with Crippen molar-refractivity contribution in [2.24, 2.45) is 0 Å². The van der Waals surface area contributed by atoms with Gasteiger partial charge in [0.05, 0.1) is 11.1 Å². The van der Waals surface area contributed by atoms with Gasteiger partial charge >= 0.3 is 12.4 Å². The van der Waals surface area contributed by atoms with Crippen molar-refractivity contribution in [2.45, 2.75) is 18.8 Å². The predicted molar refractivity (Wildman–Crippen MR) is 69.0 cm³/mol. The molecular weight excluding hydrogens is 326 g/mol. The van der Waals surface area contributed by atoms with E-state index < -0.39 is 35.0 Å². The van der Waals surface area contributed by atoms with Gasteiger partial charge in [-0.1, -0.05) is 12.1 Å². The Kier molecular flexibility index (Phi) is 4.19. The minimum absolute atomic E-state index is 0.0491. The summed E-state index contributed by atoms with van der Waals surface area (Å²) in [5, 5.41) is 19.3. The van der Waals surface area contributed by atoms with E-state index in [0.29, 0.717) is 12.1 Å². The minimum atomic E-state index is -4.62. The van der Waals surface area contributed by atoms with Gasteiger partial charge in [0.1, 0.15) is 11.5 Å². The van der Waals surface area contributed by atoms with E-state index in [0.717, 1.165) is 24.3 Å². The molecule has 0 saturated heterocycles. The molecule has 0 heterocycles. The van der Waals surface area contributed by atoms with Gasteiger partial charge in [-0.15, -0.1) is 0 Å². The van der Waals surface area contributed by atoms with Crippen LogP contribution in [-0.4, -0.2) is 10.2 Å². The van der Waals surface area contributed by atoms with Gasteiger partial charge in [-0.2, -0.15) is 26.3 Å². The molecule has 124 valence electrons. The van der Waals surface area contributed by atoms with Crippen LogP contribution in [0, 0.1) is 0 Å². The molecule has 0 fully saturated rings. The molecule has 0 spiro atoms. The van der Waals surface area contributed by atoms with Crippen molar-refractivity contribution in [1.82, 2.24) is 0 Å². The lowest BCUT2D eigenvalue weighted by Gasteiger charge is -2.12. The van der Waals surface area contributed by atoms with E-state index in [1.807, 2.05) is 0 Å². The molecule has 0 unspecified atom stereocenters. The van der Waals surface area contributed by atoms with Crippen molar-refractivity contribution < 1.29 is 36.6 Å². The average molecular weight is 336 g/mol. The molecule has 0 aliphatic carbocycles. The summed E-state index contributed by atoms with van der Waals surface area (Å²) in [7, 11) is 0. The summed E-state index contributed by atoms with van der Waals surface area (Å²) in [5.74, 6) is -1.31. The van der Waals surface area contributed by atoms with E-state index in [2.05, 4.69) is 0 Å². The van der Waals surface area contributed by atoms with Gasteiger partial charge in [0, 0.05) is 6.42 Å². The first-order chi connectivity index (χ1) is 10.5. The number of phenols is 2. The fourth-order valence-electron chi connectivity index (χ4n) is 1.98. The topological polar surface area (TPSA) is 40.5 Å². The number of halogens is 6. The second-order valence-electron chi connectivity index (χ2n) is 4.86. The zero-order chi connectivity index (χ0) is 17.4. The highest BCUT2D eigenvalue weighted by Crippen LogP contribution is 2.36. The molecule has 2 aromatic carbocycles. The molecule has 0 radical (unpaired) electrons. The van der Waals surface area contributed by atoms with Gasteiger partial charge in [0.25, 0.3) is 0 Å². The summed E-state index contributed by atoms with van der Waals surface area (Å²) < 4.78 is 74.9. The minimum Gasteiger partial charge on any atom is -0.508 e. The van der Waals surface area contributed by atoms with E-state index >= 15 is 0 Å². The number of benzene rings is 2. The van der Waals surface area contributed by atoms with Crippen LogP contribution in [0.15, 0.2) is 36.4 Å². The summed E-state index contributed by atoms with van der Waals surface area (Å²) in [6.07, 6.45) is -9.45. The molecule has 23 heavy (non-hydrogen) atoms. The smallest absolute Gasteiger partial charge is 0.416 e. The lowest BCUT2D eigenvalue weighted by atomic mass is 10.00. The van der Waals surface area contributed by atoms with Gasteiger partial charge in [0.15, 0.2) is 0 Å². The van der Waals surface area contributed by atoms with Crippen LogP contribution in [0.5, 0.6) is 11.5 Å². The molecule has 0 bridgehead atoms. The van der Waals surface area contributed by atoms with Crippen LogP contribution in [0.2, 0.25) is 0 Å². The number of rotatable bonds is 2. The molecular formula is C15H10F6O2. The van der Waals surface area contributed by atoms with E-state index in [-0.39, 0.29) is 17.5 Å². The second-order valence-corrected chi connectivity index (χ2v) is 4.86. The molecule has 2 rings (SSSR count). The van der Waals surface area contributed by atoms with E-state index in [1.54, 1.807) is 0 Å². The second kappa shape index (κ2) is 5.68. The molecule has 2 nitrogen and oxygen atoms in total. The first-order valence-electron chi connectivity index (χ1n) is 6.26. The Labute approximate surface area is 126 Å². The number of phenolic OH excluding ortho intramolecular Hbond substituents is 2. The van der Waals surface area contributed by atoms with Gasteiger partial charge in [-0.05, 0) is 35.4 Å². The molecule has 0 aliphatic rings. The van der Waals surface area contributed by atoms with Crippen LogP contribution in [0.4, 0.5) is 26.3 Å². The highest BCUT2D eigenvalue weighted by atomic mass is 19.4. The Morgan fingerprint density at radius 3 is 1.26 bits per heavy atom. The lowest BCUT2D eigenvalue weighted by Crippen LogP contribution is -2.06. The van der Waals surface area contributed by atoms with Crippen LogP contribution in [0.1, 0.15) is 22.3 Å². The largest absolute Gasteiger partial charge is 0.508 e. The number of hydrogen-bond donors (Lipinski definition) is 2. The SMILES string of the molecule is Oc1cc(C(F)(F)F)ccc1Cc1ccc(C(F)(F)F)cc1O. The number of alkyl halides is 6. The summed E-state index contributed by atoms with van der Waals surface area (Å²) >= 11 is 0. The summed E-state index contributed by atoms with van der Waals surface area (Å²) in [5.41, 5.74) is -1.99. The average Bonchev–Trinajstić information content (AvgIpc) is 2.40. The molecule has 0 saturated carbocycles. The summed E-state index contributed by atoms with van der Waals surface area (Å²) in [4.78, 5) is 0. The third kappa shape index (κ3) is 3.88. The zero-order valence-corrected chi connectivity index (χ0v) is 11.3. The Morgan fingerprint density at radius 1 is 0.652 bits per heavy atom. The molecule has 0 aliphatic heterocycles. The fraction of sp³-hybridized carbons (Fsp3) is 0.200. The highest BCUT2D eigenvalue weighted by molar-refractivity contribution is 5.45. The van der Waals surface area contributed by atoms with Crippen molar-refractivity contribution in [2.75, 3.05) is 0 Å². The number of aromatic hydroxyl groups is 2. The number of hydrogen-bond acceptors (Lipinski definition) is 2. The van der Waals surface area contributed by atoms with Crippen molar-refractivity contribution in [1.29, 1.82) is 0 Å². The lowest BCUT2D eigenvalue weighted by molar-refractivity contribution is -0.138. The predicted octanol–water partition coefficient (Wildman–Crippen LogP) is 4.73. The van der Waals surface area contributed by atoms with Gasteiger partial charge in [0.2, 0.25) is 0 Å². The fourth-order valence-corrected chi connectivity index (χ4v) is 1.98. The van der Waals surface area contributed by atoms with Crippen molar-refractivity contribution in [3.63, 3.8) is 0 Å². The van der Waals surface area contributed by atoms with Gasteiger partial charge in [-0.3, -0.25) is 0 Å². The van der Waals surface area contributed by atoms with E-state index in [4.69, 9.17) is 0 Å². The van der Waals surface area contributed by atoms with Crippen molar-refractivity contribution >= 4 is 0 Å². The van der Waals surface area contributed by atoms with Crippen LogP contribution >= 0.6 is 0 Å².